The number of hydrogen-bond donors (Lipinski definition) is 1. The number of nitrogens with zero attached hydrogens (tertiary/aromatic N) is 2. The first kappa shape index (κ1) is 10.8. The summed E-state index contributed by atoms with van der Waals surface area (Å²) in [4.78, 5) is 11.6. The lowest BCUT2D eigenvalue weighted by molar-refractivity contribution is 0.0623. The molecule has 1 N–H and O–H groups in total. The van der Waals surface area contributed by atoms with Gasteiger partial charge in [0, 0.05) is 6.61 Å². The molecule has 1 amide bonds. The molecule has 1 unspecified atom stereocenters. The monoisotopic (exact) mass is 247 g/mol. The van der Waals surface area contributed by atoms with Gasteiger partial charge in [-0.3, -0.25) is 4.79 Å². The van der Waals surface area contributed by atoms with Crippen LogP contribution in [0.2, 0.25) is 4.47 Å². The SMILES string of the molecule is O=C(NC1CCCOC1)c1nnc(Cl)s1. The fourth-order valence-electron chi connectivity index (χ4n) is 1.40. The summed E-state index contributed by atoms with van der Waals surface area (Å²) >= 11 is 6.66. The molecule has 2 rings (SSSR count). The van der Waals surface area contributed by atoms with E-state index in [0.717, 1.165) is 30.8 Å². The van der Waals surface area contributed by atoms with Crippen LogP contribution in [-0.4, -0.2) is 35.4 Å². The normalized spacial score (nSPS) is 21.3. The van der Waals surface area contributed by atoms with E-state index < -0.39 is 0 Å². The number of carbonyl (C=O) groups is 1. The van der Waals surface area contributed by atoms with Crippen molar-refractivity contribution in [3.63, 3.8) is 0 Å². The molecule has 5 nitrogen and oxygen atoms in total. The molecule has 0 bridgehead atoms. The van der Waals surface area contributed by atoms with Crippen molar-refractivity contribution < 1.29 is 9.53 Å². The van der Waals surface area contributed by atoms with Gasteiger partial charge in [0.2, 0.25) is 9.47 Å². The Bertz CT molecular complexity index is 351. The van der Waals surface area contributed by atoms with Crippen LogP contribution >= 0.6 is 22.9 Å². The van der Waals surface area contributed by atoms with Crippen molar-refractivity contribution in [1.29, 1.82) is 0 Å². The Hall–Kier alpha value is -0.720. The number of aromatic nitrogens is 2. The average Bonchev–Trinajstić information content (AvgIpc) is 2.66. The molecule has 0 aliphatic carbocycles. The molecule has 0 spiro atoms. The van der Waals surface area contributed by atoms with Gasteiger partial charge in [-0.15, -0.1) is 10.2 Å². The topological polar surface area (TPSA) is 64.1 Å². The zero-order chi connectivity index (χ0) is 10.7. The van der Waals surface area contributed by atoms with E-state index in [1.807, 2.05) is 0 Å². The van der Waals surface area contributed by atoms with Crippen LogP contribution in [0.4, 0.5) is 0 Å². The molecule has 1 aromatic rings. The van der Waals surface area contributed by atoms with Crippen molar-refractivity contribution in [2.45, 2.75) is 18.9 Å². The van der Waals surface area contributed by atoms with Crippen LogP contribution in [0.25, 0.3) is 0 Å². The van der Waals surface area contributed by atoms with E-state index in [2.05, 4.69) is 15.5 Å². The molecule has 1 fully saturated rings. The number of nitrogens with one attached hydrogen (secondary N) is 1. The first-order valence-electron chi connectivity index (χ1n) is 4.63. The summed E-state index contributed by atoms with van der Waals surface area (Å²) in [7, 11) is 0. The predicted octanol–water partition coefficient (Wildman–Crippen LogP) is 1.10. The number of hydrogen-bond acceptors (Lipinski definition) is 5. The van der Waals surface area contributed by atoms with Gasteiger partial charge in [0.1, 0.15) is 0 Å². The summed E-state index contributed by atoms with van der Waals surface area (Å²) in [6, 6.07) is 0.0777. The van der Waals surface area contributed by atoms with E-state index in [4.69, 9.17) is 16.3 Å². The summed E-state index contributed by atoms with van der Waals surface area (Å²) in [5, 5.41) is 10.4. The van der Waals surface area contributed by atoms with Gasteiger partial charge in [0.15, 0.2) is 0 Å². The molecule has 1 saturated heterocycles. The molecule has 1 atom stereocenters. The molecule has 0 aromatic carbocycles. The highest BCUT2D eigenvalue weighted by Crippen LogP contribution is 2.15. The first-order chi connectivity index (χ1) is 7.25. The largest absolute Gasteiger partial charge is 0.379 e. The zero-order valence-electron chi connectivity index (χ0n) is 7.90. The fraction of sp³-hybridized carbons (Fsp3) is 0.625. The van der Waals surface area contributed by atoms with Crippen molar-refractivity contribution in [3.05, 3.63) is 9.47 Å². The van der Waals surface area contributed by atoms with Gasteiger partial charge in [-0.05, 0) is 24.4 Å². The van der Waals surface area contributed by atoms with Crippen LogP contribution in [-0.2, 0) is 4.74 Å². The van der Waals surface area contributed by atoms with Gasteiger partial charge in [-0.1, -0.05) is 11.3 Å². The van der Waals surface area contributed by atoms with Crippen molar-refractivity contribution in [2.75, 3.05) is 13.2 Å². The number of ether oxygens (including phenoxy) is 1. The Morgan fingerprint density at radius 1 is 1.60 bits per heavy atom. The standard InChI is InChI=1S/C8H10ClN3O2S/c9-8-12-11-7(15-8)6(13)10-5-2-1-3-14-4-5/h5H,1-4H2,(H,10,13). The van der Waals surface area contributed by atoms with Crippen LogP contribution in [0.1, 0.15) is 22.6 Å². The molecule has 1 aromatic heterocycles. The fourth-order valence-corrected chi connectivity index (χ4v) is 2.13. The van der Waals surface area contributed by atoms with E-state index in [1.54, 1.807) is 0 Å². The summed E-state index contributed by atoms with van der Waals surface area (Å²) in [6.07, 6.45) is 1.92. The second kappa shape index (κ2) is 4.87. The van der Waals surface area contributed by atoms with Gasteiger partial charge in [0.05, 0.1) is 12.6 Å². The Morgan fingerprint density at radius 3 is 3.07 bits per heavy atom. The Balaban J connectivity index is 1.91. The minimum absolute atomic E-state index is 0.0777. The summed E-state index contributed by atoms with van der Waals surface area (Å²) in [5.41, 5.74) is 0. The maximum absolute atomic E-state index is 11.6. The van der Waals surface area contributed by atoms with Gasteiger partial charge in [-0.2, -0.15) is 0 Å². The van der Waals surface area contributed by atoms with Gasteiger partial charge < -0.3 is 10.1 Å². The third-order valence-corrected chi connectivity index (χ3v) is 3.11. The maximum atomic E-state index is 11.6. The van der Waals surface area contributed by atoms with E-state index in [-0.39, 0.29) is 16.4 Å². The minimum atomic E-state index is -0.227. The van der Waals surface area contributed by atoms with Crippen molar-refractivity contribution >= 4 is 28.8 Å². The lowest BCUT2D eigenvalue weighted by Crippen LogP contribution is -2.40. The molecule has 82 valence electrons. The molecule has 1 aliphatic heterocycles. The molecule has 15 heavy (non-hydrogen) atoms. The van der Waals surface area contributed by atoms with E-state index in [9.17, 15) is 4.79 Å². The summed E-state index contributed by atoms with van der Waals surface area (Å²) in [6.45, 7) is 1.34. The van der Waals surface area contributed by atoms with Crippen LogP contribution in [0, 0.1) is 0 Å². The first-order valence-corrected chi connectivity index (χ1v) is 5.83. The van der Waals surface area contributed by atoms with Crippen LogP contribution < -0.4 is 5.32 Å². The Labute approximate surface area is 95.8 Å². The summed E-state index contributed by atoms with van der Waals surface area (Å²) < 4.78 is 5.53. The number of carbonyl (C=O) groups excluding carboxylic acids is 1. The third-order valence-electron chi connectivity index (χ3n) is 2.09. The molecular weight excluding hydrogens is 238 g/mol. The van der Waals surface area contributed by atoms with Crippen molar-refractivity contribution in [1.82, 2.24) is 15.5 Å². The number of halogens is 1. The third kappa shape index (κ3) is 2.87. The van der Waals surface area contributed by atoms with Crippen LogP contribution in [0.15, 0.2) is 0 Å². The maximum Gasteiger partial charge on any atom is 0.282 e. The van der Waals surface area contributed by atoms with Crippen molar-refractivity contribution in [3.8, 4) is 0 Å². The lowest BCUT2D eigenvalue weighted by atomic mass is 10.1. The molecule has 0 radical (unpaired) electrons. The number of rotatable bonds is 2. The zero-order valence-corrected chi connectivity index (χ0v) is 9.48. The highest BCUT2D eigenvalue weighted by Gasteiger charge is 2.19. The van der Waals surface area contributed by atoms with Gasteiger partial charge in [-0.25, -0.2) is 0 Å². The highest BCUT2D eigenvalue weighted by atomic mass is 35.5. The lowest BCUT2D eigenvalue weighted by Gasteiger charge is -2.22. The molecule has 2 heterocycles. The predicted molar refractivity (Wildman–Crippen MR) is 56.2 cm³/mol. The second-order valence-electron chi connectivity index (χ2n) is 3.25. The molecule has 0 saturated carbocycles. The quantitative estimate of drug-likeness (QED) is 0.850. The number of amides is 1. The second-order valence-corrected chi connectivity index (χ2v) is 4.81. The average molecular weight is 248 g/mol. The smallest absolute Gasteiger partial charge is 0.282 e. The van der Waals surface area contributed by atoms with E-state index >= 15 is 0 Å². The van der Waals surface area contributed by atoms with Gasteiger partial charge in [0.25, 0.3) is 5.91 Å². The van der Waals surface area contributed by atoms with Crippen LogP contribution in [0.5, 0.6) is 0 Å². The minimum Gasteiger partial charge on any atom is -0.379 e. The van der Waals surface area contributed by atoms with E-state index in [0.29, 0.717) is 11.6 Å². The summed E-state index contributed by atoms with van der Waals surface area (Å²) in [5.74, 6) is -0.227. The van der Waals surface area contributed by atoms with E-state index in [1.165, 1.54) is 0 Å². The van der Waals surface area contributed by atoms with Crippen LogP contribution in [0.3, 0.4) is 0 Å². The van der Waals surface area contributed by atoms with Crippen molar-refractivity contribution in [2.24, 2.45) is 0 Å². The molecule has 1 aliphatic rings. The molecule has 7 heteroatoms. The Kier molecular flexibility index (Phi) is 3.50. The Morgan fingerprint density at radius 2 is 2.47 bits per heavy atom. The van der Waals surface area contributed by atoms with Gasteiger partial charge >= 0.3 is 0 Å². The molecular formula is C8H10ClN3O2S. The highest BCUT2D eigenvalue weighted by molar-refractivity contribution is 7.17.